The number of rotatable bonds is 2. The topological polar surface area (TPSA) is 26.0 Å². The average molecular weight is 210 g/mol. The van der Waals surface area contributed by atoms with Crippen molar-refractivity contribution in [3.8, 4) is 0 Å². The molecule has 1 aromatic carbocycles. The molecule has 0 heterocycles. The summed E-state index contributed by atoms with van der Waals surface area (Å²) in [5.41, 5.74) is 8.47. The van der Waals surface area contributed by atoms with Gasteiger partial charge in [-0.05, 0) is 55.4 Å². The van der Waals surface area contributed by atoms with Crippen molar-refractivity contribution >= 4 is 11.6 Å². The van der Waals surface area contributed by atoms with E-state index >= 15 is 0 Å². The molecule has 0 spiro atoms. The molecule has 1 aromatic rings. The maximum atomic E-state index is 6.02. The Kier molecular flexibility index (Phi) is 2.54. The normalized spacial score (nSPS) is 27.4. The van der Waals surface area contributed by atoms with Gasteiger partial charge in [0, 0.05) is 11.1 Å². The minimum Gasteiger partial charge on any atom is -0.328 e. The predicted octanol–water partition coefficient (Wildman–Crippen LogP) is 3.10. The van der Waals surface area contributed by atoms with E-state index in [1.54, 1.807) is 0 Å². The first-order valence-electron chi connectivity index (χ1n) is 5.10. The highest BCUT2D eigenvalue weighted by atomic mass is 35.5. The number of halogens is 1. The molecule has 1 nitrogen and oxygen atoms in total. The van der Waals surface area contributed by atoms with Crippen molar-refractivity contribution in [2.24, 2.45) is 11.7 Å². The molecule has 2 heteroatoms. The Balaban J connectivity index is 2.19. The lowest BCUT2D eigenvalue weighted by molar-refractivity contribution is 0.631. The van der Waals surface area contributed by atoms with Gasteiger partial charge < -0.3 is 5.73 Å². The van der Waals surface area contributed by atoms with Crippen molar-refractivity contribution in [3.63, 3.8) is 0 Å². The van der Waals surface area contributed by atoms with Gasteiger partial charge >= 0.3 is 0 Å². The molecule has 0 bridgehead atoms. The maximum absolute atomic E-state index is 6.02. The molecule has 0 radical (unpaired) electrons. The molecule has 2 N–H and O–H groups in total. The van der Waals surface area contributed by atoms with Crippen LogP contribution in [0.25, 0.3) is 0 Å². The van der Waals surface area contributed by atoms with Crippen molar-refractivity contribution in [2.45, 2.75) is 32.2 Å². The second-order valence-corrected chi connectivity index (χ2v) is 4.86. The van der Waals surface area contributed by atoms with E-state index in [1.807, 2.05) is 6.07 Å². The van der Waals surface area contributed by atoms with Gasteiger partial charge in [-0.15, -0.1) is 0 Å². The summed E-state index contributed by atoms with van der Waals surface area (Å²) < 4.78 is 0. The third-order valence-electron chi connectivity index (χ3n) is 3.01. The molecule has 1 aliphatic rings. The molecule has 0 amide bonds. The van der Waals surface area contributed by atoms with E-state index in [9.17, 15) is 0 Å². The maximum Gasteiger partial charge on any atom is 0.0411 e. The zero-order valence-corrected chi connectivity index (χ0v) is 9.38. The highest BCUT2D eigenvalue weighted by Gasteiger charge is 2.40. The van der Waals surface area contributed by atoms with Gasteiger partial charge in [0.15, 0.2) is 0 Å². The van der Waals surface area contributed by atoms with Crippen LogP contribution in [0, 0.1) is 12.8 Å². The van der Waals surface area contributed by atoms with Crippen LogP contribution in [-0.4, -0.2) is 6.04 Å². The molecule has 14 heavy (non-hydrogen) atoms. The molecule has 1 fully saturated rings. The van der Waals surface area contributed by atoms with Gasteiger partial charge in [0.2, 0.25) is 0 Å². The molecule has 3 unspecified atom stereocenters. The van der Waals surface area contributed by atoms with Gasteiger partial charge in [0.25, 0.3) is 0 Å². The molecule has 1 saturated carbocycles. The van der Waals surface area contributed by atoms with Crippen LogP contribution in [0.2, 0.25) is 5.02 Å². The zero-order valence-electron chi connectivity index (χ0n) is 8.63. The van der Waals surface area contributed by atoms with E-state index in [0.29, 0.717) is 17.9 Å². The van der Waals surface area contributed by atoms with Crippen molar-refractivity contribution < 1.29 is 0 Å². The van der Waals surface area contributed by atoms with Crippen LogP contribution in [0.3, 0.4) is 0 Å². The van der Waals surface area contributed by atoms with E-state index in [1.165, 1.54) is 17.5 Å². The lowest BCUT2D eigenvalue weighted by atomic mass is 10.0. The van der Waals surface area contributed by atoms with Crippen molar-refractivity contribution in [1.29, 1.82) is 0 Å². The van der Waals surface area contributed by atoms with Gasteiger partial charge in [-0.3, -0.25) is 0 Å². The summed E-state index contributed by atoms with van der Waals surface area (Å²) in [7, 11) is 0. The molecular weight excluding hydrogens is 194 g/mol. The first kappa shape index (κ1) is 10.0. The fourth-order valence-electron chi connectivity index (χ4n) is 2.16. The Bertz CT molecular complexity index is 326. The summed E-state index contributed by atoms with van der Waals surface area (Å²) in [6.45, 7) is 4.17. The highest BCUT2D eigenvalue weighted by molar-refractivity contribution is 6.30. The second-order valence-electron chi connectivity index (χ2n) is 4.43. The average Bonchev–Trinajstić information content (AvgIpc) is 2.79. The van der Waals surface area contributed by atoms with Crippen LogP contribution in [0.15, 0.2) is 18.2 Å². The van der Waals surface area contributed by atoms with E-state index in [4.69, 9.17) is 17.3 Å². The molecule has 1 aliphatic carbocycles. The molecule has 76 valence electrons. The summed E-state index contributed by atoms with van der Waals surface area (Å²) in [6, 6.07) is 6.59. The zero-order chi connectivity index (χ0) is 10.3. The summed E-state index contributed by atoms with van der Waals surface area (Å²) in [5, 5.41) is 0.843. The minimum atomic E-state index is 0.305. The Morgan fingerprint density at radius 1 is 1.43 bits per heavy atom. The summed E-state index contributed by atoms with van der Waals surface area (Å²) in [6.07, 6.45) is 1.22. The number of hydrogen-bond donors (Lipinski definition) is 1. The lowest BCUT2D eigenvalue weighted by Crippen LogP contribution is -2.17. The molecule has 3 atom stereocenters. The molecule has 0 saturated heterocycles. The van der Waals surface area contributed by atoms with Gasteiger partial charge in [-0.2, -0.15) is 0 Å². The Morgan fingerprint density at radius 2 is 2.14 bits per heavy atom. The van der Waals surface area contributed by atoms with Crippen molar-refractivity contribution in [1.82, 2.24) is 0 Å². The number of nitrogens with two attached hydrogens (primary N) is 1. The number of aryl methyl sites for hydroxylation is 1. The molecule has 0 aromatic heterocycles. The minimum absolute atomic E-state index is 0.305. The number of benzene rings is 1. The molecule has 2 rings (SSSR count). The Labute approximate surface area is 90.3 Å². The third-order valence-corrected chi connectivity index (χ3v) is 3.23. The predicted molar refractivity (Wildman–Crippen MR) is 60.7 cm³/mol. The third kappa shape index (κ3) is 1.94. The van der Waals surface area contributed by atoms with Crippen LogP contribution in [-0.2, 0) is 0 Å². The quantitative estimate of drug-likeness (QED) is 0.796. The molecule has 0 aliphatic heterocycles. The monoisotopic (exact) mass is 209 g/mol. The Morgan fingerprint density at radius 3 is 2.64 bits per heavy atom. The van der Waals surface area contributed by atoms with Gasteiger partial charge in [-0.25, -0.2) is 0 Å². The summed E-state index contributed by atoms with van der Waals surface area (Å²) in [4.78, 5) is 0. The summed E-state index contributed by atoms with van der Waals surface area (Å²) >= 11 is 6.02. The number of hydrogen-bond acceptors (Lipinski definition) is 1. The van der Waals surface area contributed by atoms with E-state index in [-0.39, 0.29) is 0 Å². The van der Waals surface area contributed by atoms with Crippen LogP contribution < -0.4 is 5.73 Å². The Hall–Kier alpha value is -0.530. The van der Waals surface area contributed by atoms with Crippen LogP contribution in [0.5, 0.6) is 0 Å². The van der Waals surface area contributed by atoms with Crippen LogP contribution in [0.4, 0.5) is 0 Å². The standard InChI is InChI=1S/C12H16ClN/c1-7-3-9(5-10(13)4-7)12-6-11(12)8(2)14/h3-5,8,11-12H,6,14H2,1-2H3. The van der Waals surface area contributed by atoms with E-state index in [2.05, 4.69) is 26.0 Å². The lowest BCUT2D eigenvalue weighted by Gasteiger charge is -2.05. The summed E-state index contributed by atoms with van der Waals surface area (Å²) in [5.74, 6) is 1.31. The van der Waals surface area contributed by atoms with Crippen molar-refractivity contribution in [3.05, 3.63) is 34.3 Å². The van der Waals surface area contributed by atoms with Crippen molar-refractivity contribution in [2.75, 3.05) is 0 Å². The highest BCUT2D eigenvalue weighted by Crippen LogP contribution is 2.49. The van der Waals surface area contributed by atoms with Gasteiger partial charge in [-0.1, -0.05) is 17.7 Å². The SMILES string of the molecule is Cc1cc(Cl)cc(C2CC2C(C)N)c1. The largest absolute Gasteiger partial charge is 0.328 e. The molecular formula is C12H16ClN. The van der Waals surface area contributed by atoms with E-state index in [0.717, 1.165) is 5.02 Å². The van der Waals surface area contributed by atoms with Gasteiger partial charge in [0.1, 0.15) is 0 Å². The first-order valence-corrected chi connectivity index (χ1v) is 5.48. The first-order chi connectivity index (χ1) is 6.58. The fourth-order valence-corrected chi connectivity index (χ4v) is 2.46. The smallest absolute Gasteiger partial charge is 0.0411 e. The van der Waals surface area contributed by atoms with E-state index < -0.39 is 0 Å². The second kappa shape index (κ2) is 3.56. The van der Waals surface area contributed by atoms with Gasteiger partial charge in [0.05, 0.1) is 0 Å². The van der Waals surface area contributed by atoms with Crippen LogP contribution >= 0.6 is 11.6 Å². The fraction of sp³-hybridized carbons (Fsp3) is 0.500. The van der Waals surface area contributed by atoms with Crippen LogP contribution in [0.1, 0.15) is 30.4 Å².